The van der Waals surface area contributed by atoms with Gasteiger partial charge in [0.05, 0.1) is 5.92 Å². The first-order chi connectivity index (χ1) is 5.13. The first-order valence-electron chi connectivity index (χ1n) is 3.86. The zero-order valence-corrected chi connectivity index (χ0v) is 6.87. The minimum atomic E-state index is -0.738. The SMILES string of the molecule is CC1=NCCC(C)[C@H]1C(=O)O. The Morgan fingerprint density at radius 2 is 2.36 bits per heavy atom. The summed E-state index contributed by atoms with van der Waals surface area (Å²) in [7, 11) is 0. The molecule has 0 radical (unpaired) electrons. The second-order valence-electron chi connectivity index (χ2n) is 3.10. The van der Waals surface area contributed by atoms with Crippen molar-refractivity contribution in [2.75, 3.05) is 6.54 Å². The van der Waals surface area contributed by atoms with Crippen LogP contribution < -0.4 is 0 Å². The molecule has 0 aliphatic carbocycles. The lowest BCUT2D eigenvalue weighted by Gasteiger charge is -2.23. The molecule has 1 rings (SSSR count). The Morgan fingerprint density at radius 3 is 2.73 bits per heavy atom. The van der Waals surface area contributed by atoms with Crippen LogP contribution in [0.25, 0.3) is 0 Å². The van der Waals surface area contributed by atoms with Crippen LogP contribution in [0.15, 0.2) is 4.99 Å². The first kappa shape index (κ1) is 8.24. The molecule has 0 amide bonds. The molecule has 1 N–H and O–H groups in total. The van der Waals surface area contributed by atoms with Crippen LogP contribution in [0.2, 0.25) is 0 Å². The molecule has 0 spiro atoms. The lowest BCUT2D eigenvalue weighted by Crippen LogP contribution is -2.32. The molecule has 2 atom stereocenters. The van der Waals surface area contributed by atoms with Gasteiger partial charge >= 0.3 is 5.97 Å². The molecule has 0 bridgehead atoms. The zero-order valence-electron chi connectivity index (χ0n) is 6.87. The highest BCUT2D eigenvalue weighted by Gasteiger charge is 2.29. The van der Waals surface area contributed by atoms with Crippen molar-refractivity contribution in [3.63, 3.8) is 0 Å². The Bertz CT molecular complexity index is 198. The van der Waals surface area contributed by atoms with Gasteiger partial charge in [-0.2, -0.15) is 0 Å². The molecule has 0 saturated carbocycles. The summed E-state index contributed by atoms with van der Waals surface area (Å²) in [5.74, 6) is -0.841. The molecule has 1 unspecified atom stereocenters. The number of hydrogen-bond acceptors (Lipinski definition) is 2. The van der Waals surface area contributed by atoms with E-state index in [0.29, 0.717) is 0 Å². The summed E-state index contributed by atoms with van der Waals surface area (Å²) in [4.78, 5) is 14.8. The van der Waals surface area contributed by atoms with Gasteiger partial charge in [0, 0.05) is 12.3 Å². The van der Waals surface area contributed by atoms with Gasteiger partial charge in [-0.05, 0) is 19.3 Å². The monoisotopic (exact) mass is 155 g/mol. The number of aliphatic imine (C=N–C) groups is 1. The van der Waals surface area contributed by atoms with E-state index in [9.17, 15) is 4.79 Å². The average molecular weight is 155 g/mol. The molecule has 0 aromatic carbocycles. The third kappa shape index (κ3) is 1.59. The van der Waals surface area contributed by atoms with Crippen molar-refractivity contribution >= 4 is 11.7 Å². The predicted octanol–water partition coefficient (Wildman–Crippen LogP) is 1.19. The van der Waals surface area contributed by atoms with Crippen LogP contribution in [-0.2, 0) is 4.79 Å². The second-order valence-corrected chi connectivity index (χ2v) is 3.10. The topological polar surface area (TPSA) is 49.7 Å². The molecule has 0 fully saturated rings. The maximum absolute atomic E-state index is 10.7. The van der Waals surface area contributed by atoms with Gasteiger partial charge in [-0.15, -0.1) is 0 Å². The highest BCUT2D eigenvalue weighted by molar-refractivity contribution is 6.00. The van der Waals surface area contributed by atoms with Crippen molar-refractivity contribution in [2.24, 2.45) is 16.8 Å². The molecule has 1 aliphatic rings. The van der Waals surface area contributed by atoms with Gasteiger partial charge in [-0.1, -0.05) is 6.92 Å². The molecule has 1 heterocycles. The van der Waals surface area contributed by atoms with Gasteiger partial charge in [-0.3, -0.25) is 9.79 Å². The Kier molecular flexibility index (Phi) is 2.27. The van der Waals surface area contributed by atoms with Crippen LogP contribution in [0.3, 0.4) is 0 Å². The van der Waals surface area contributed by atoms with Gasteiger partial charge in [0.1, 0.15) is 0 Å². The minimum absolute atomic E-state index is 0.241. The molecule has 1 aliphatic heterocycles. The van der Waals surface area contributed by atoms with Crippen molar-refractivity contribution in [3.05, 3.63) is 0 Å². The Labute approximate surface area is 66.1 Å². The summed E-state index contributed by atoms with van der Waals surface area (Å²) in [6, 6.07) is 0. The van der Waals surface area contributed by atoms with Crippen LogP contribution in [0, 0.1) is 11.8 Å². The number of carbonyl (C=O) groups is 1. The fourth-order valence-corrected chi connectivity index (χ4v) is 1.54. The van der Waals surface area contributed by atoms with E-state index in [0.717, 1.165) is 18.7 Å². The maximum Gasteiger partial charge on any atom is 0.312 e. The first-order valence-corrected chi connectivity index (χ1v) is 3.86. The van der Waals surface area contributed by atoms with E-state index in [1.807, 2.05) is 6.92 Å². The van der Waals surface area contributed by atoms with E-state index >= 15 is 0 Å². The van der Waals surface area contributed by atoms with E-state index in [4.69, 9.17) is 5.11 Å². The molecule has 0 aromatic rings. The highest BCUT2D eigenvalue weighted by atomic mass is 16.4. The summed E-state index contributed by atoms with van der Waals surface area (Å²) in [6.07, 6.45) is 0.897. The predicted molar refractivity (Wildman–Crippen MR) is 42.9 cm³/mol. The number of hydrogen-bond donors (Lipinski definition) is 1. The zero-order chi connectivity index (χ0) is 8.43. The lowest BCUT2D eigenvalue weighted by molar-refractivity contribution is -0.140. The average Bonchev–Trinajstić information content (AvgIpc) is 1.85. The maximum atomic E-state index is 10.7. The molecule has 3 nitrogen and oxygen atoms in total. The third-order valence-corrected chi connectivity index (χ3v) is 2.23. The highest BCUT2D eigenvalue weighted by Crippen LogP contribution is 2.21. The normalized spacial score (nSPS) is 31.3. The Balaban J connectivity index is 2.80. The third-order valence-electron chi connectivity index (χ3n) is 2.23. The standard InChI is InChI=1S/C8H13NO2/c1-5-3-4-9-6(2)7(5)8(10)11/h5,7H,3-4H2,1-2H3,(H,10,11)/t5?,7-/m1/s1. The van der Waals surface area contributed by atoms with Gasteiger partial charge in [-0.25, -0.2) is 0 Å². The number of rotatable bonds is 1. The van der Waals surface area contributed by atoms with Gasteiger partial charge in [0.25, 0.3) is 0 Å². The summed E-state index contributed by atoms with van der Waals surface area (Å²) in [5.41, 5.74) is 0.774. The fourth-order valence-electron chi connectivity index (χ4n) is 1.54. The molecule has 11 heavy (non-hydrogen) atoms. The van der Waals surface area contributed by atoms with Crippen LogP contribution in [0.1, 0.15) is 20.3 Å². The smallest absolute Gasteiger partial charge is 0.312 e. The van der Waals surface area contributed by atoms with Gasteiger partial charge in [0.2, 0.25) is 0 Å². The largest absolute Gasteiger partial charge is 0.481 e. The van der Waals surface area contributed by atoms with Crippen LogP contribution in [0.4, 0.5) is 0 Å². The van der Waals surface area contributed by atoms with Crippen LogP contribution in [0.5, 0.6) is 0 Å². The summed E-state index contributed by atoms with van der Waals surface area (Å²) in [6.45, 7) is 4.56. The summed E-state index contributed by atoms with van der Waals surface area (Å²) < 4.78 is 0. The number of carboxylic acids is 1. The summed E-state index contributed by atoms with van der Waals surface area (Å²) in [5, 5.41) is 8.80. The van der Waals surface area contributed by atoms with Gasteiger partial charge < -0.3 is 5.11 Å². The van der Waals surface area contributed by atoms with Crippen molar-refractivity contribution in [2.45, 2.75) is 20.3 Å². The van der Waals surface area contributed by atoms with Crippen molar-refractivity contribution < 1.29 is 9.90 Å². The van der Waals surface area contributed by atoms with E-state index in [-0.39, 0.29) is 11.8 Å². The summed E-state index contributed by atoms with van der Waals surface area (Å²) >= 11 is 0. The fraction of sp³-hybridized carbons (Fsp3) is 0.750. The van der Waals surface area contributed by atoms with E-state index in [2.05, 4.69) is 4.99 Å². The minimum Gasteiger partial charge on any atom is -0.481 e. The quantitative estimate of drug-likeness (QED) is 0.618. The molecular weight excluding hydrogens is 142 g/mol. The molecule has 0 aromatic heterocycles. The molecule has 0 saturated heterocycles. The van der Waals surface area contributed by atoms with E-state index < -0.39 is 5.97 Å². The van der Waals surface area contributed by atoms with Crippen LogP contribution in [-0.4, -0.2) is 23.3 Å². The lowest BCUT2D eigenvalue weighted by atomic mass is 9.85. The second kappa shape index (κ2) is 3.03. The molecule has 3 heteroatoms. The molecular formula is C8H13NO2. The van der Waals surface area contributed by atoms with Crippen molar-refractivity contribution in [3.8, 4) is 0 Å². The van der Waals surface area contributed by atoms with Crippen molar-refractivity contribution in [1.82, 2.24) is 0 Å². The van der Waals surface area contributed by atoms with E-state index in [1.165, 1.54) is 0 Å². The number of aliphatic carboxylic acids is 1. The number of nitrogens with zero attached hydrogens (tertiary/aromatic N) is 1. The molecule has 62 valence electrons. The number of carboxylic acid groups (broad SMARTS) is 1. The van der Waals surface area contributed by atoms with E-state index in [1.54, 1.807) is 6.92 Å². The van der Waals surface area contributed by atoms with Crippen molar-refractivity contribution in [1.29, 1.82) is 0 Å². The van der Waals surface area contributed by atoms with Gasteiger partial charge in [0.15, 0.2) is 0 Å². The Hall–Kier alpha value is -0.860. The Morgan fingerprint density at radius 1 is 1.73 bits per heavy atom. The van der Waals surface area contributed by atoms with Crippen LogP contribution >= 0.6 is 0 Å².